The van der Waals surface area contributed by atoms with Crippen LogP contribution in [0.2, 0.25) is 0 Å². The third-order valence-corrected chi connectivity index (χ3v) is 11.1. The van der Waals surface area contributed by atoms with Gasteiger partial charge in [-0.15, -0.1) is 11.8 Å². The molecule has 3 aromatic rings. The molecule has 2 atom stereocenters. The Kier molecular flexibility index (Phi) is 8.89. The Morgan fingerprint density at radius 3 is 1.89 bits per heavy atom. The Balaban J connectivity index is 1.68. The standard InChI is InChI=1S/C31H32FN3O7S2/c1-21(36)33-16-18-34(19-17-33)30(38)31(43-26-12-10-25(42-3)11-13-26)20-28(37)35(29(31)22-4-8-24(41-2)9-5-22)44(39,40)27-14-6-23(32)7-15-27/h4-15,29H,16-20H2,1-3H3/t29-,31-/m1/s1. The molecule has 0 bridgehead atoms. The van der Waals surface area contributed by atoms with Crippen LogP contribution in [-0.2, 0) is 24.4 Å². The normalized spacial score (nSPS) is 20.5. The Hall–Kier alpha value is -4.10. The first-order chi connectivity index (χ1) is 21.0. The zero-order valence-electron chi connectivity index (χ0n) is 24.4. The molecule has 0 spiro atoms. The van der Waals surface area contributed by atoms with Crippen LogP contribution in [0.3, 0.4) is 0 Å². The smallest absolute Gasteiger partial charge is 0.267 e. The summed E-state index contributed by atoms with van der Waals surface area (Å²) in [6.07, 6.45) is -0.424. The van der Waals surface area contributed by atoms with Crippen LogP contribution in [0, 0.1) is 5.82 Å². The molecular weight excluding hydrogens is 609 g/mol. The second-order valence-corrected chi connectivity index (χ2v) is 13.7. The van der Waals surface area contributed by atoms with Crippen LogP contribution in [0.25, 0.3) is 0 Å². The zero-order valence-corrected chi connectivity index (χ0v) is 26.1. The maximum absolute atomic E-state index is 14.8. The number of thioether (sulfide) groups is 1. The van der Waals surface area contributed by atoms with Crippen molar-refractivity contribution in [3.05, 3.63) is 84.2 Å². The van der Waals surface area contributed by atoms with Gasteiger partial charge in [-0.1, -0.05) is 12.1 Å². The summed E-state index contributed by atoms with van der Waals surface area (Å²) in [5.41, 5.74) is 0.402. The third-order valence-electron chi connectivity index (χ3n) is 7.87. The lowest BCUT2D eigenvalue weighted by Gasteiger charge is -2.42. The van der Waals surface area contributed by atoms with Crippen molar-refractivity contribution in [2.24, 2.45) is 0 Å². The minimum Gasteiger partial charge on any atom is -0.497 e. The molecule has 2 aliphatic heterocycles. The van der Waals surface area contributed by atoms with Gasteiger partial charge in [0.2, 0.25) is 17.7 Å². The molecule has 0 saturated carbocycles. The molecular formula is C31H32FN3O7S2. The molecule has 3 aromatic carbocycles. The van der Waals surface area contributed by atoms with Crippen LogP contribution in [0.5, 0.6) is 11.5 Å². The summed E-state index contributed by atoms with van der Waals surface area (Å²) < 4.78 is 51.8. The first kappa shape index (κ1) is 31.3. The number of amides is 3. The predicted octanol–water partition coefficient (Wildman–Crippen LogP) is 3.73. The summed E-state index contributed by atoms with van der Waals surface area (Å²) in [5, 5.41) is 0. The lowest BCUT2D eigenvalue weighted by Crippen LogP contribution is -2.57. The number of benzene rings is 3. The highest BCUT2D eigenvalue weighted by molar-refractivity contribution is 8.01. The molecule has 2 saturated heterocycles. The predicted molar refractivity (Wildman–Crippen MR) is 161 cm³/mol. The highest BCUT2D eigenvalue weighted by Gasteiger charge is 2.62. The van der Waals surface area contributed by atoms with Gasteiger partial charge in [0.15, 0.2) is 0 Å². The minimum absolute atomic E-state index is 0.108. The van der Waals surface area contributed by atoms with Gasteiger partial charge in [-0.3, -0.25) is 14.4 Å². The van der Waals surface area contributed by atoms with Gasteiger partial charge in [0.1, 0.15) is 22.1 Å². The lowest BCUT2D eigenvalue weighted by atomic mass is 9.91. The number of carbonyl (C=O) groups is 3. The number of hydrogen-bond acceptors (Lipinski definition) is 8. The summed E-state index contributed by atoms with van der Waals surface area (Å²) >= 11 is 1.12. The second-order valence-electron chi connectivity index (χ2n) is 10.5. The number of piperazine rings is 1. The van der Waals surface area contributed by atoms with Gasteiger partial charge < -0.3 is 19.3 Å². The monoisotopic (exact) mass is 641 g/mol. The number of carbonyl (C=O) groups excluding carboxylic acids is 3. The minimum atomic E-state index is -4.55. The van der Waals surface area contributed by atoms with Crippen molar-refractivity contribution >= 4 is 39.5 Å². The Labute approximate surface area is 259 Å². The molecule has 5 rings (SSSR count). The molecule has 2 heterocycles. The summed E-state index contributed by atoms with van der Waals surface area (Å²) in [5.74, 6) is -0.842. The fourth-order valence-corrected chi connectivity index (χ4v) is 8.73. The molecule has 3 amide bonds. The third kappa shape index (κ3) is 5.85. The molecule has 2 fully saturated rings. The molecule has 0 N–H and O–H groups in total. The largest absolute Gasteiger partial charge is 0.497 e. The molecule has 0 aliphatic carbocycles. The zero-order chi connectivity index (χ0) is 31.6. The maximum atomic E-state index is 14.8. The first-order valence-electron chi connectivity index (χ1n) is 13.8. The molecule has 0 radical (unpaired) electrons. The Bertz CT molecular complexity index is 1640. The SMILES string of the molecule is COc1ccc(S[C@]2(C(=O)N3CCN(C(C)=O)CC3)CC(=O)N(S(=O)(=O)c3ccc(F)cc3)[C@@H]2c2ccc(OC)cc2)cc1. The maximum Gasteiger partial charge on any atom is 0.267 e. The van der Waals surface area contributed by atoms with Gasteiger partial charge >= 0.3 is 0 Å². The molecule has 44 heavy (non-hydrogen) atoms. The van der Waals surface area contributed by atoms with E-state index >= 15 is 0 Å². The lowest BCUT2D eigenvalue weighted by molar-refractivity contribution is -0.140. The van der Waals surface area contributed by atoms with Crippen molar-refractivity contribution in [1.29, 1.82) is 0 Å². The highest BCUT2D eigenvalue weighted by Crippen LogP contribution is 2.55. The fourth-order valence-electron chi connectivity index (χ4n) is 5.59. The van der Waals surface area contributed by atoms with Crippen LogP contribution >= 0.6 is 11.8 Å². The molecule has 232 valence electrons. The van der Waals surface area contributed by atoms with Crippen molar-refractivity contribution in [3.8, 4) is 11.5 Å². The van der Waals surface area contributed by atoms with Gasteiger partial charge in [0.25, 0.3) is 10.0 Å². The van der Waals surface area contributed by atoms with Crippen molar-refractivity contribution in [1.82, 2.24) is 14.1 Å². The molecule has 13 heteroatoms. The number of methoxy groups -OCH3 is 2. The Morgan fingerprint density at radius 2 is 1.36 bits per heavy atom. The first-order valence-corrected chi connectivity index (χ1v) is 16.1. The number of rotatable bonds is 8. The molecule has 10 nitrogen and oxygen atoms in total. The number of ether oxygens (including phenoxy) is 2. The molecule has 2 aliphatic rings. The van der Waals surface area contributed by atoms with E-state index in [9.17, 15) is 27.2 Å². The van der Waals surface area contributed by atoms with E-state index in [1.54, 1.807) is 58.3 Å². The number of halogens is 1. The summed E-state index contributed by atoms with van der Waals surface area (Å²) in [4.78, 5) is 44.3. The van der Waals surface area contributed by atoms with Gasteiger partial charge in [0.05, 0.1) is 31.6 Å². The fraction of sp³-hybridized carbons (Fsp3) is 0.323. The van der Waals surface area contributed by atoms with Gasteiger partial charge in [-0.05, 0) is 66.2 Å². The van der Waals surface area contributed by atoms with Gasteiger partial charge in [-0.25, -0.2) is 17.1 Å². The van der Waals surface area contributed by atoms with Crippen LogP contribution in [0.4, 0.5) is 4.39 Å². The van der Waals surface area contributed by atoms with E-state index in [-0.39, 0.29) is 23.9 Å². The van der Waals surface area contributed by atoms with Gasteiger partial charge in [0, 0.05) is 38.0 Å². The highest BCUT2D eigenvalue weighted by atomic mass is 32.2. The van der Waals surface area contributed by atoms with Gasteiger partial charge in [-0.2, -0.15) is 0 Å². The van der Waals surface area contributed by atoms with E-state index in [0.717, 1.165) is 40.3 Å². The topological polar surface area (TPSA) is 114 Å². The summed E-state index contributed by atoms with van der Waals surface area (Å²) in [7, 11) is -1.52. The van der Waals surface area contributed by atoms with Crippen molar-refractivity contribution in [2.45, 2.75) is 33.9 Å². The van der Waals surface area contributed by atoms with E-state index in [4.69, 9.17) is 9.47 Å². The summed E-state index contributed by atoms with van der Waals surface area (Å²) in [6.45, 7) is 2.52. The van der Waals surface area contributed by atoms with Crippen LogP contribution in [0.15, 0.2) is 82.6 Å². The van der Waals surface area contributed by atoms with E-state index < -0.39 is 44.9 Å². The van der Waals surface area contributed by atoms with Crippen LogP contribution in [0.1, 0.15) is 24.9 Å². The number of hydrogen-bond donors (Lipinski definition) is 0. The van der Waals surface area contributed by atoms with Crippen molar-refractivity contribution in [2.75, 3.05) is 40.4 Å². The average Bonchev–Trinajstić information content (AvgIpc) is 3.34. The Morgan fingerprint density at radius 1 is 0.841 bits per heavy atom. The van der Waals surface area contributed by atoms with Crippen molar-refractivity contribution in [3.63, 3.8) is 0 Å². The van der Waals surface area contributed by atoms with E-state index in [1.165, 1.54) is 21.1 Å². The summed E-state index contributed by atoms with van der Waals surface area (Å²) in [6, 6.07) is 16.4. The number of sulfonamides is 1. The number of nitrogens with zero attached hydrogens (tertiary/aromatic N) is 3. The second kappa shape index (κ2) is 12.5. The van der Waals surface area contributed by atoms with Crippen LogP contribution in [-0.4, -0.2) is 85.4 Å². The van der Waals surface area contributed by atoms with Crippen LogP contribution < -0.4 is 9.47 Å². The van der Waals surface area contributed by atoms with E-state index in [2.05, 4.69) is 0 Å². The molecule has 0 aromatic heterocycles. The molecule has 0 unspecified atom stereocenters. The van der Waals surface area contributed by atoms with E-state index in [0.29, 0.717) is 35.0 Å². The van der Waals surface area contributed by atoms with E-state index in [1.807, 2.05) is 0 Å². The van der Waals surface area contributed by atoms with Crippen molar-refractivity contribution < 1.29 is 36.7 Å². The average molecular weight is 642 g/mol. The quantitative estimate of drug-likeness (QED) is 0.366.